The van der Waals surface area contributed by atoms with Crippen LogP contribution >= 0.6 is 15.9 Å². The molecule has 66 valence electrons. The first-order valence-corrected chi connectivity index (χ1v) is 5.04. The molecule has 0 amide bonds. The molecule has 0 saturated carbocycles. The highest BCUT2D eigenvalue weighted by Gasteiger charge is 1.98. The van der Waals surface area contributed by atoms with Crippen molar-refractivity contribution in [1.29, 1.82) is 0 Å². The maximum atomic E-state index is 5.54. The van der Waals surface area contributed by atoms with Gasteiger partial charge in [0.05, 0.1) is 0 Å². The van der Waals surface area contributed by atoms with E-state index in [0.29, 0.717) is 6.54 Å². The van der Waals surface area contributed by atoms with Gasteiger partial charge in [-0.05, 0) is 23.6 Å². The molecule has 0 spiro atoms. The normalized spacial score (nSPS) is 10.2. The molecule has 0 saturated heterocycles. The molecule has 0 fully saturated rings. The van der Waals surface area contributed by atoms with E-state index in [1.54, 1.807) is 0 Å². The summed E-state index contributed by atoms with van der Waals surface area (Å²) in [6, 6.07) is 6.40. The average Bonchev–Trinajstić information content (AvgIpc) is 2.05. The maximum absolute atomic E-state index is 5.54. The molecule has 0 radical (unpaired) electrons. The highest BCUT2D eigenvalue weighted by Crippen LogP contribution is 2.18. The third kappa shape index (κ3) is 2.32. The number of aryl methyl sites for hydroxylation is 1. The van der Waals surface area contributed by atoms with Gasteiger partial charge in [-0.2, -0.15) is 0 Å². The summed E-state index contributed by atoms with van der Waals surface area (Å²) in [5.74, 6) is 0. The number of rotatable bonds is 3. The molecule has 1 rings (SSSR count). The first-order chi connectivity index (χ1) is 5.77. The van der Waals surface area contributed by atoms with Crippen molar-refractivity contribution in [1.82, 2.24) is 0 Å². The summed E-state index contributed by atoms with van der Waals surface area (Å²) in [6.07, 6.45) is 2.33. The minimum Gasteiger partial charge on any atom is -0.326 e. The molecule has 0 unspecified atom stereocenters. The molecule has 1 nitrogen and oxygen atoms in total. The van der Waals surface area contributed by atoms with Gasteiger partial charge < -0.3 is 5.73 Å². The maximum Gasteiger partial charge on any atom is 0.0222 e. The molecular formula is C10H14BrN. The first kappa shape index (κ1) is 9.75. The van der Waals surface area contributed by atoms with Crippen LogP contribution in [0.1, 0.15) is 24.5 Å². The smallest absolute Gasteiger partial charge is 0.0222 e. The summed E-state index contributed by atoms with van der Waals surface area (Å²) in [4.78, 5) is 0. The lowest BCUT2D eigenvalue weighted by atomic mass is 10.1. The van der Waals surface area contributed by atoms with Crippen LogP contribution in [0.2, 0.25) is 0 Å². The van der Waals surface area contributed by atoms with E-state index in [-0.39, 0.29) is 0 Å². The van der Waals surface area contributed by atoms with Crippen LogP contribution in [0.5, 0.6) is 0 Å². The van der Waals surface area contributed by atoms with E-state index in [4.69, 9.17) is 5.73 Å². The monoisotopic (exact) mass is 227 g/mol. The van der Waals surface area contributed by atoms with Gasteiger partial charge in [0.25, 0.3) is 0 Å². The van der Waals surface area contributed by atoms with Crippen molar-refractivity contribution in [2.45, 2.75) is 26.3 Å². The Morgan fingerprint density at radius 1 is 1.42 bits per heavy atom. The second-order valence-corrected chi connectivity index (χ2v) is 3.73. The van der Waals surface area contributed by atoms with Crippen molar-refractivity contribution in [3.05, 3.63) is 33.8 Å². The van der Waals surface area contributed by atoms with Crippen molar-refractivity contribution in [2.75, 3.05) is 0 Å². The minimum atomic E-state index is 0.604. The van der Waals surface area contributed by atoms with Gasteiger partial charge in [-0.1, -0.05) is 41.4 Å². The molecule has 0 aliphatic carbocycles. The SMILES string of the molecule is CCCc1ccc(CN)c(Br)c1. The molecule has 0 aliphatic rings. The lowest BCUT2D eigenvalue weighted by molar-refractivity contribution is 0.917. The largest absolute Gasteiger partial charge is 0.326 e. The summed E-state index contributed by atoms with van der Waals surface area (Å²) in [5, 5.41) is 0. The molecule has 1 aromatic carbocycles. The molecule has 2 heteroatoms. The second-order valence-electron chi connectivity index (χ2n) is 2.88. The molecular weight excluding hydrogens is 214 g/mol. The standard InChI is InChI=1S/C10H14BrN/c1-2-3-8-4-5-9(7-12)10(11)6-8/h4-6H,2-3,7,12H2,1H3. The second kappa shape index (κ2) is 4.63. The number of hydrogen-bond acceptors (Lipinski definition) is 1. The summed E-state index contributed by atoms with van der Waals surface area (Å²) >= 11 is 3.50. The highest BCUT2D eigenvalue weighted by molar-refractivity contribution is 9.10. The van der Waals surface area contributed by atoms with E-state index in [1.807, 2.05) is 0 Å². The molecule has 12 heavy (non-hydrogen) atoms. The first-order valence-electron chi connectivity index (χ1n) is 4.25. The van der Waals surface area contributed by atoms with Gasteiger partial charge in [-0.3, -0.25) is 0 Å². The van der Waals surface area contributed by atoms with E-state index in [2.05, 4.69) is 41.1 Å². The van der Waals surface area contributed by atoms with Crippen LogP contribution < -0.4 is 5.73 Å². The van der Waals surface area contributed by atoms with E-state index in [9.17, 15) is 0 Å². The Kier molecular flexibility index (Phi) is 3.76. The van der Waals surface area contributed by atoms with Crippen LogP contribution in [0.15, 0.2) is 22.7 Å². The Balaban J connectivity index is 2.86. The van der Waals surface area contributed by atoms with Crippen molar-refractivity contribution in [3.8, 4) is 0 Å². The molecule has 0 aliphatic heterocycles. The Morgan fingerprint density at radius 3 is 2.67 bits per heavy atom. The van der Waals surface area contributed by atoms with Crippen LogP contribution in [0.25, 0.3) is 0 Å². The fraction of sp³-hybridized carbons (Fsp3) is 0.400. The Labute approximate surface area is 82.1 Å². The quantitative estimate of drug-likeness (QED) is 0.845. The van der Waals surface area contributed by atoms with E-state index in [1.165, 1.54) is 17.5 Å². The van der Waals surface area contributed by atoms with Crippen molar-refractivity contribution < 1.29 is 0 Å². The zero-order valence-electron chi connectivity index (χ0n) is 7.31. The van der Waals surface area contributed by atoms with Gasteiger partial charge in [-0.15, -0.1) is 0 Å². The predicted molar refractivity (Wildman–Crippen MR) is 56.0 cm³/mol. The lowest BCUT2D eigenvalue weighted by Crippen LogP contribution is -1.97. The topological polar surface area (TPSA) is 26.0 Å². The van der Waals surface area contributed by atoms with Crippen LogP contribution in [0, 0.1) is 0 Å². The predicted octanol–water partition coefficient (Wildman–Crippen LogP) is 2.86. The van der Waals surface area contributed by atoms with E-state index >= 15 is 0 Å². The van der Waals surface area contributed by atoms with Gasteiger partial charge in [0.15, 0.2) is 0 Å². The zero-order chi connectivity index (χ0) is 8.97. The Morgan fingerprint density at radius 2 is 2.17 bits per heavy atom. The van der Waals surface area contributed by atoms with Gasteiger partial charge in [0, 0.05) is 11.0 Å². The van der Waals surface area contributed by atoms with Crippen LogP contribution in [0.4, 0.5) is 0 Å². The van der Waals surface area contributed by atoms with Crippen LogP contribution in [-0.4, -0.2) is 0 Å². The third-order valence-electron chi connectivity index (χ3n) is 1.88. The van der Waals surface area contributed by atoms with Gasteiger partial charge in [0.2, 0.25) is 0 Å². The Bertz CT molecular complexity index is 258. The van der Waals surface area contributed by atoms with E-state index in [0.717, 1.165) is 10.9 Å². The molecule has 0 atom stereocenters. The fourth-order valence-electron chi connectivity index (χ4n) is 1.20. The highest BCUT2D eigenvalue weighted by atomic mass is 79.9. The number of hydrogen-bond donors (Lipinski definition) is 1. The molecule has 0 bridgehead atoms. The molecule has 0 heterocycles. The lowest BCUT2D eigenvalue weighted by Gasteiger charge is -2.03. The van der Waals surface area contributed by atoms with Gasteiger partial charge >= 0.3 is 0 Å². The Hall–Kier alpha value is -0.340. The van der Waals surface area contributed by atoms with Crippen molar-refractivity contribution >= 4 is 15.9 Å². The summed E-state index contributed by atoms with van der Waals surface area (Å²) in [7, 11) is 0. The summed E-state index contributed by atoms with van der Waals surface area (Å²) in [6.45, 7) is 2.79. The number of benzene rings is 1. The van der Waals surface area contributed by atoms with Crippen molar-refractivity contribution in [3.63, 3.8) is 0 Å². The van der Waals surface area contributed by atoms with Gasteiger partial charge in [-0.25, -0.2) is 0 Å². The number of halogens is 1. The van der Waals surface area contributed by atoms with Crippen LogP contribution in [-0.2, 0) is 13.0 Å². The molecule has 2 N–H and O–H groups in total. The molecule has 0 aromatic heterocycles. The van der Waals surface area contributed by atoms with Gasteiger partial charge in [0.1, 0.15) is 0 Å². The van der Waals surface area contributed by atoms with Crippen LogP contribution in [0.3, 0.4) is 0 Å². The number of nitrogens with two attached hydrogens (primary N) is 1. The summed E-state index contributed by atoms with van der Waals surface area (Å²) < 4.78 is 1.14. The van der Waals surface area contributed by atoms with Crippen molar-refractivity contribution in [2.24, 2.45) is 5.73 Å². The average molecular weight is 228 g/mol. The van der Waals surface area contributed by atoms with E-state index < -0.39 is 0 Å². The fourth-order valence-corrected chi connectivity index (χ4v) is 1.79. The summed E-state index contributed by atoms with van der Waals surface area (Å²) in [5.41, 5.74) is 8.10. The third-order valence-corrected chi connectivity index (χ3v) is 2.61. The zero-order valence-corrected chi connectivity index (χ0v) is 8.89. The minimum absolute atomic E-state index is 0.604. The molecule has 1 aromatic rings.